The van der Waals surface area contributed by atoms with E-state index in [2.05, 4.69) is 47.1 Å². The molecule has 4 rings (SSSR count). The molecule has 0 aliphatic carbocycles. The first-order valence-corrected chi connectivity index (χ1v) is 13.2. The second-order valence-electron chi connectivity index (χ2n) is 9.73. The second-order valence-corrected chi connectivity index (χ2v) is 9.73. The van der Waals surface area contributed by atoms with Crippen molar-refractivity contribution in [2.24, 2.45) is 0 Å². The molecule has 1 saturated heterocycles. The van der Waals surface area contributed by atoms with Crippen LogP contribution < -0.4 is 14.2 Å². The molecule has 214 valence electrons. The summed E-state index contributed by atoms with van der Waals surface area (Å²) < 4.78 is 17.3. The van der Waals surface area contributed by atoms with Crippen LogP contribution in [0.5, 0.6) is 17.2 Å². The molecule has 0 amide bonds. The number of para-hydroxylation sites is 1. The number of piperazine rings is 1. The Kier molecular flexibility index (Phi) is 14.5. The summed E-state index contributed by atoms with van der Waals surface area (Å²) >= 11 is 0. The van der Waals surface area contributed by atoms with Gasteiger partial charge in [0, 0.05) is 39.3 Å². The molecule has 1 aliphatic heterocycles. The van der Waals surface area contributed by atoms with Gasteiger partial charge in [0.2, 0.25) is 0 Å². The quantitative estimate of drug-likeness (QED) is 0.306. The Morgan fingerprint density at radius 1 is 0.795 bits per heavy atom. The molecule has 0 spiro atoms. The molecule has 1 unspecified atom stereocenters. The fourth-order valence-electron chi connectivity index (χ4n) is 4.69. The van der Waals surface area contributed by atoms with Crippen molar-refractivity contribution < 1.29 is 19.3 Å². The van der Waals surface area contributed by atoms with E-state index in [1.54, 1.807) is 7.11 Å². The first-order chi connectivity index (χ1) is 18.1. The fraction of sp³-hybridized carbons (Fsp3) is 0.419. The average Bonchev–Trinajstić information content (AvgIpc) is 2.92. The summed E-state index contributed by atoms with van der Waals surface area (Å²) in [5.41, 5.74) is 3.60. The minimum Gasteiger partial charge on any atom is -0.497 e. The maximum absolute atomic E-state index is 10.7. The predicted molar refractivity (Wildman–Crippen MR) is 162 cm³/mol. The topological polar surface area (TPSA) is 54.4 Å². The molecule has 1 atom stereocenters. The number of methoxy groups -OCH3 is 1. The molecule has 1 heterocycles. The molecule has 39 heavy (non-hydrogen) atoms. The summed E-state index contributed by atoms with van der Waals surface area (Å²) in [6, 6.07) is 24.5. The number of halogens is 2. The van der Waals surface area contributed by atoms with Crippen molar-refractivity contribution in [3.8, 4) is 17.2 Å². The van der Waals surface area contributed by atoms with Crippen molar-refractivity contribution in [2.75, 3.05) is 59.6 Å². The van der Waals surface area contributed by atoms with Crippen molar-refractivity contribution in [1.29, 1.82) is 0 Å². The monoisotopic (exact) mass is 576 g/mol. The van der Waals surface area contributed by atoms with Crippen LogP contribution in [0.1, 0.15) is 16.7 Å². The van der Waals surface area contributed by atoms with Gasteiger partial charge in [-0.05, 0) is 66.8 Å². The minimum atomic E-state index is -0.525. The van der Waals surface area contributed by atoms with Gasteiger partial charge in [0.15, 0.2) is 0 Å². The number of benzene rings is 3. The van der Waals surface area contributed by atoms with Gasteiger partial charge in [-0.2, -0.15) is 0 Å². The smallest absolute Gasteiger partial charge is 0.122 e. The minimum absolute atomic E-state index is 0. The van der Waals surface area contributed by atoms with Crippen LogP contribution in [0.2, 0.25) is 0 Å². The van der Waals surface area contributed by atoms with Crippen LogP contribution in [0.4, 0.5) is 0 Å². The molecular weight excluding hydrogens is 535 g/mol. The third-order valence-electron chi connectivity index (χ3n) is 6.82. The van der Waals surface area contributed by atoms with Gasteiger partial charge < -0.3 is 19.3 Å². The molecule has 0 aromatic heterocycles. The highest BCUT2D eigenvalue weighted by Gasteiger charge is 2.19. The number of aryl methyl sites for hydroxylation is 3. The van der Waals surface area contributed by atoms with Gasteiger partial charge in [-0.1, -0.05) is 42.5 Å². The number of β-amino-alcohol motifs (C(OH)–C–C–N with tert-alkyl or cyclic N) is 1. The van der Waals surface area contributed by atoms with Crippen LogP contribution in [0.3, 0.4) is 0 Å². The third kappa shape index (κ3) is 10.9. The Balaban J connectivity index is 0.00000267. The number of hydrogen-bond acceptors (Lipinski definition) is 6. The normalized spacial score (nSPS) is 14.5. The average molecular weight is 578 g/mol. The number of rotatable bonds is 13. The lowest BCUT2D eigenvalue weighted by Gasteiger charge is -2.35. The molecule has 1 N–H and O–H groups in total. The van der Waals surface area contributed by atoms with E-state index < -0.39 is 6.10 Å². The SMILES string of the molecule is COc1cccc(CCc2ccccc2OCC(O)CN2CCN(CCOc3cccc(C)c3)CC2)c1.Cl.Cl. The maximum atomic E-state index is 10.7. The summed E-state index contributed by atoms with van der Waals surface area (Å²) in [6.45, 7) is 8.46. The fourth-order valence-corrected chi connectivity index (χ4v) is 4.69. The van der Waals surface area contributed by atoms with Crippen LogP contribution in [-0.4, -0.2) is 80.6 Å². The van der Waals surface area contributed by atoms with Crippen molar-refractivity contribution in [2.45, 2.75) is 25.9 Å². The van der Waals surface area contributed by atoms with Crippen molar-refractivity contribution in [3.05, 3.63) is 89.5 Å². The van der Waals surface area contributed by atoms with Crippen molar-refractivity contribution in [3.63, 3.8) is 0 Å². The van der Waals surface area contributed by atoms with Gasteiger partial charge in [-0.3, -0.25) is 9.80 Å². The Hall–Kier alpha value is -2.48. The van der Waals surface area contributed by atoms with Crippen LogP contribution in [0.25, 0.3) is 0 Å². The summed E-state index contributed by atoms with van der Waals surface area (Å²) in [7, 11) is 1.69. The first kappa shape index (κ1) is 32.7. The second kappa shape index (κ2) is 17.3. The zero-order chi connectivity index (χ0) is 25.9. The Morgan fingerprint density at radius 2 is 1.51 bits per heavy atom. The third-order valence-corrected chi connectivity index (χ3v) is 6.82. The molecule has 0 radical (unpaired) electrons. The van der Waals surface area contributed by atoms with E-state index >= 15 is 0 Å². The summed E-state index contributed by atoms with van der Waals surface area (Å²) in [5, 5.41) is 10.7. The van der Waals surface area contributed by atoms with E-state index in [-0.39, 0.29) is 24.8 Å². The Labute approximate surface area is 245 Å². The standard InChI is InChI=1S/C31H40N2O4.2ClH/c1-25-7-5-11-30(21-25)36-20-19-32-15-17-33(18-16-32)23-28(34)24-37-31-12-4-3-9-27(31)14-13-26-8-6-10-29(22-26)35-2;;/h3-12,21-22,28,34H,13-20,23-24H2,1-2H3;2*1H. The number of nitrogens with zero attached hydrogens (tertiary/aromatic N) is 2. The van der Waals surface area contributed by atoms with Crippen molar-refractivity contribution >= 4 is 24.8 Å². The van der Waals surface area contributed by atoms with Gasteiger partial charge in [-0.15, -0.1) is 24.8 Å². The Morgan fingerprint density at radius 3 is 2.28 bits per heavy atom. The number of aliphatic hydroxyl groups excluding tert-OH is 1. The van der Waals surface area contributed by atoms with Gasteiger partial charge in [-0.25, -0.2) is 0 Å². The molecule has 6 nitrogen and oxygen atoms in total. The zero-order valence-electron chi connectivity index (χ0n) is 23.0. The van der Waals surface area contributed by atoms with Gasteiger partial charge in [0.25, 0.3) is 0 Å². The van der Waals surface area contributed by atoms with E-state index in [1.165, 1.54) is 11.1 Å². The molecule has 3 aromatic carbocycles. The highest BCUT2D eigenvalue weighted by molar-refractivity contribution is 5.85. The first-order valence-electron chi connectivity index (χ1n) is 13.2. The van der Waals surface area contributed by atoms with Gasteiger partial charge in [0.05, 0.1) is 7.11 Å². The molecule has 1 fully saturated rings. The van der Waals surface area contributed by atoms with E-state index in [0.717, 1.165) is 68.4 Å². The van der Waals surface area contributed by atoms with E-state index in [0.29, 0.717) is 19.8 Å². The predicted octanol–water partition coefficient (Wildman–Crippen LogP) is 5.07. The van der Waals surface area contributed by atoms with E-state index in [4.69, 9.17) is 14.2 Å². The highest BCUT2D eigenvalue weighted by atomic mass is 35.5. The molecule has 8 heteroatoms. The molecule has 0 bridgehead atoms. The van der Waals surface area contributed by atoms with Crippen LogP contribution in [-0.2, 0) is 12.8 Å². The summed E-state index contributed by atoms with van der Waals surface area (Å²) in [6.07, 6.45) is 1.25. The lowest BCUT2D eigenvalue weighted by atomic mass is 10.0. The zero-order valence-corrected chi connectivity index (χ0v) is 24.6. The molecular formula is C31H42Cl2N2O4. The largest absolute Gasteiger partial charge is 0.497 e. The van der Waals surface area contributed by atoms with Gasteiger partial charge in [0.1, 0.15) is 36.6 Å². The number of hydrogen-bond donors (Lipinski definition) is 1. The molecule has 3 aromatic rings. The lowest BCUT2D eigenvalue weighted by Crippen LogP contribution is -2.50. The maximum Gasteiger partial charge on any atom is 0.122 e. The van der Waals surface area contributed by atoms with Crippen LogP contribution in [0.15, 0.2) is 72.8 Å². The summed E-state index contributed by atoms with van der Waals surface area (Å²) in [5.74, 6) is 2.66. The number of ether oxygens (including phenoxy) is 3. The number of aliphatic hydroxyl groups is 1. The lowest BCUT2D eigenvalue weighted by molar-refractivity contribution is 0.0434. The molecule has 0 saturated carbocycles. The summed E-state index contributed by atoms with van der Waals surface area (Å²) in [4.78, 5) is 4.74. The van der Waals surface area contributed by atoms with Crippen molar-refractivity contribution in [1.82, 2.24) is 9.80 Å². The van der Waals surface area contributed by atoms with Crippen LogP contribution in [0, 0.1) is 6.92 Å². The Bertz CT molecular complexity index is 1110. The van der Waals surface area contributed by atoms with E-state index in [9.17, 15) is 5.11 Å². The highest BCUT2D eigenvalue weighted by Crippen LogP contribution is 2.22. The van der Waals surface area contributed by atoms with E-state index in [1.807, 2.05) is 42.5 Å². The van der Waals surface area contributed by atoms with Gasteiger partial charge >= 0.3 is 0 Å². The molecule has 1 aliphatic rings. The van der Waals surface area contributed by atoms with Crippen LogP contribution >= 0.6 is 24.8 Å².